The lowest BCUT2D eigenvalue weighted by Crippen LogP contribution is -2.32. The number of nitrogens with one attached hydrogen (secondary N) is 1. The van der Waals surface area contributed by atoms with E-state index in [2.05, 4.69) is 24.1 Å². The summed E-state index contributed by atoms with van der Waals surface area (Å²) in [5.41, 5.74) is 1.04. The van der Waals surface area contributed by atoms with Crippen LogP contribution in [0.15, 0.2) is 47.6 Å². The van der Waals surface area contributed by atoms with Gasteiger partial charge in [-0.3, -0.25) is 9.78 Å². The average molecular weight is 372 g/mol. The normalized spacial score (nSPS) is 14.1. The van der Waals surface area contributed by atoms with Crippen LogP contribution in [-0.4, -0.2) is 29.9 Å². The molecule has 1 atom stereocenters. The molecule has 0 fully saturated rings. The van der Waals surface area contributed by atoms with Gasteiger partial charge in [0, 0.05) is 29.5 Å². The van der Waals surface area contributed by atoms with Gasteiger partial charge in [0.2, 0.25) is 5.91 Å². The first kappa shape index (κ1) is 18.6. The van der Waals surface area contributed by atoms with Crippen molar-refractivity contribution >= 4 is 17.7 Å². The van der Waals surface area contributed by atoms with Crippen molar-refractivity contribution < 1.29 is 14.3 Å². The number of pyridine rings is 1. The van der Waals surface area contributed by atoms with Crippen molar-refractivity contribution in [3.63, 3.8) is 0 Å². The zero-order valence-electron chi connectivity index (χ0n) is 15.1. The van der Waals surface area contributed by atoms with Crippen molar-refractivity contribution in [3.05, 3.63) is 48.3 Å². The fourth-order valence-electron chi connectivity index (χ4n) is 2.82. The number of hydrogen-bond acceptors (Lipinski definition) is 5. The van der Waals surface area contributed by atoms with Gasteiger partial charge < -0.3 is 14.8 Å². The van der Waals surface area contributed by atoms with Gasteiger partial charge in [-0.25, -0.2) is 0 Å². The Morgan fingerprint density at radius 1 is 1.23 bits per heavy atom. The van der Waals surface area contributed by atoms with E-state index in [1.165, 1.54) is 0 Å². The Kier molecular flexibility index (Phi) is 6.39. The van der Waals surface area contributed by atoms with Crippen LogP contribution in [0.25, 0.3) is 0 Å². The average Bonchev–Trinajstić information content (AvgIpc) is 2.66. The van der Waals surface area contributed by atoms with Crippen LogP contribution in [0.2, 0.25) is 0 Å². The van der Waals surface area contributed by atoms with Gasteiger partial charge in [-0.15, -0.1) is 11.8 Å². The summed E-state index contributed by atoms with van der Waals surface area (Å²) in [6.45, 7) is 5.37. The Morgan fingerprint density at radius 3 is 2.77 bits per heavy atom. The zero-order valence-corrected chi connectivity index (χ0v) is 15.9. The van der Waals surface area contributed by atoms with Gasteiger partial charge in [-0.05, 0) is 35.7 Å². The molecule has 0 saturated carbocycles. The van der Waals surface area contributed by atoms with E-state index in [0.717, 1.165) is 22.0 Å². The molecule has 1 unspecified atom stereocenters. The monoisotopic (exact) mass is 372 g/mol. The maximum Gasteiger partial charge on any atom is 0.221 e. The van der Waals surface area contributed by atoms with Gasteiger partial charge in [0.1, 0.15) is 13.2 Å². The summed E-state index contributed by atoms with van der Waals surface area (Å²) >= 11 is 1.64. The third-order valence-corrected chi connectivity index (χ3v) is 5.13. The molecule has 0 bridgehead atoms. The second kappa shape index (κ2) is 8.94. The van der Waals surface area contributed by atoms with Gasteiger partial charge in [-0.2, -0.15) is 0 Å². The molecule has 0 aliphatic carbocycles. The molecule has 1 N–H and O–H groups in total. The van der Waals surface area contributed by atoms with Crippen molar-refractivity contribution in [1.82, 2.24) is 10.3 Å². The Bertz CT molecular complexity index is 737. The van der Waals surface area contributed by atoms with Crippen LogP contribution in [0, 0.1) is 5.92 Å². The van der Waals surface area contributed by atoms with E-state index >= 15 is 0 Å². The van der Waals surface area contributed by atoms with Crippen molar-refractivity contribution in [3.8, 4) is 11.5 Å². The molecule has 1 aliphatic heterocycles. The van der Waals surface area contributed by atoms with Crippen LogP contribution < -0.4 is 14.8 Å². The number of amides is 1. The minimum atomic E-state index is -0.0181. The maximum absolute atomic E-state index is 12.4. The number of rotatable bonds is 7. The summed E-state index contributed by atoms with van der Waals surface area (Å²) in [6, 6.07) is 9.78. The van der Waals surface area contributed by atoms with Crippen LogP contribution in [0.5, 0.6) is 11.5 Å². The molecule has 138 valence electrons. The summed E-state index contributed by atoms with van der Waals surface area (Å²) in [6.07, 6.45) is 4.02. The van der Waals surface area contributed by atoms with Crippen LogP contribution in [-0.2, 0) is 4.79 Å². The Labute approximate surface area is 158 Å². The summed E-state index contributed by atoms with van der Waals surface area (Å²) in [7, 11) is 0. The zero-order chi connectivity index (χ0) is 18.4. The molecule has 5 nitrogen and oxygen atoms in total. The largest absolute Gasteiger partial charge is 0.486 e. The topological polar surface area (TPSA) is 60.5 Å². The van der Waals surface area contributed by atoms with Crippen molar-refractivity contribution in [2.75, 3.05) is 19.0 Å². The fraction of sp³-hybridized carbons (Fsp3) is 0.400. The number of ether oxygens (including phenoxy) is 2. The number of benzene rings is 1. The number of carbonyl (C=O) groups excluding carboxylic acids is 1. The van der Waals surface area contributed by atoms with Crippen molar-refractivity contribution in [2.24, 2.45) is 5.92 Å². The van der Waals surface area contributed by atoms with Crippen LogP contribution in [0.4, 0.5) is 0 Å². The Hall–Kier alpha value is -2.21. The summed E-state index contributed by atoms with van der Waals surface area (Å²) < 4.78 is 11.1. The minimum Gasteiger partial charge on any atom is -0.486 e. The second-order valence-electron chi connectivity index (χ2n) is 6.48. The second-order valence-corrected chi connectivity index (χ2v) is 7.65. The quantitative estimate of drug-likeness (QED) is 0.748. The van der Waals surface area contributed by atoms with Gasteiger partial charge in [0.15, 0.2) is 11.5 Å². The van der Waals surface area contributed by atoms with Gasteiger partial charge in [0.25, 0.3) is 0 Å². The standard InChI is InChI=1S/C20H24N2O3S/c1-14(2)20(15-4-3-8-21-13-15)22-19(23)7-11-26-16-5-6-17-18(12-16)25-10-9-24-17/h3-6,8,12-14,20H,7,9-11H2,1-2H3,(H,22,23). The molecule has 0 saturated heterocycles. The highest BCUT2D eigenvalue weighted by Gasteiger charge is 2.18. The highest BCUT2D eigenvalue weighted by atomic mass is 32.2. The summed E-state index contributed by atoms with van der Waals surface area (Å²) in [5, 5.41) is 3.13. The minimum absolute atomic E-state index is 0.0181. The molecule has 1 aromatic heterocycles. The van der Waals surface area contributed by atoms with E-state index in [9.17, 15) is 4.79 Å². The van der Waals surface area contributed by atoms with Crippen molar-refractivity contribution in [2.45, 2.75) is 31.2 Å². The lowest BCUT2D eigenvalue weighted by atomic mass is 9.97. The molecule has 1 amide bonds. The highest BCUT2D eigenvalue weighted by Crippen LogP contribution is 2.34. The molecular weight excluding hydrogens is 348 g/mol. The first-order chi connectivity index (χ1) is 12.6. The molecule has 3 rings (SSSR count). The van der Waals surface area contributed by atoms with Crippen LogP contribution >= 0.6 is 11.8 Å². The molecule has 1 aromatic carbocycles. The number of carbonyl (C=O) groups is 1. The Balaban J connectivity index is 1.50. The molecule has 2 heterocycles. The molecule has 6 heteroatoms. The predicted octanol–water partition coefficient (Wildman–Crippen LogP) is 3.85. The number of hydrogen-bond donors (Lipinski definition) is 1. The molecular formula is C20H24N2O3S. The van der Waals surface area contributed by atoms with E-state index < -0.39 is 0 Å². The first-order valence-electron chi connectivity index (χ1n) is 8.85. The van der Waals surface area contributed by atoms with Gasteiger partial charge in [-0.1, -0.05) is 19.9 Å². The van der Waals surface area contributed by atoms with E-state index in [1.807, 2.05) is 36.5 Å². The van der Waals surface area contributed by atoms with Gasteiger partial charge >= 0.3 is 0 Å². The molecule has 26 heavy (non-hydrogen) atoms. The molecule has 1 aliphatic rings. The smallest absolute Gasteiger partial charge is 0.221 e. The first-order valence-corrected chi connectivity index (χ1v) is 9.84. The molecule has 0 spiro atoms. The molecule has 2 aromatic rings. The number of fused-ring (bicyclic) bond motifs is 1. The lowest BCUT2D eigenvalue weighted by Gasteiger charge is -2.22. The number of aromatic nitrogens is 1. The SMILES string of the molecule is CC(C)C(NC(=O)CCSc1ccc2c(c1)OCCO2)c1cccnc1. The van der Waals surface area contributed by atoms with E-state index in [4.69, 9.17) is 9.47 Å². The third kappa shape index (κ3) is 4.91. The predicted molar refractivity (Wildman–Crippen MR) is 103 cm³/mol. The van der Waals surface area contributed by atoms with Crippen molar-refractivity contribution in [1.29, 1.82) is 0 Å². The highest BCUT2D eigenvalue weighted by molar-refractivity contribution is 7.99. The lowest BCUT2D eigenvalue weighted by molar-refractivity contribution is -0.121. The maximum atomic E-state index is 12.4. The summed E-state index contributed by atoms with van der Waals surface area (Å²) in [4.78, 5) is 17.6. The summed E-state index contributed by atoms with van der Waals surface area (Å²) in [5.74, 6) is 2.63. The van der Waals surface area contributed by atoms with Gasteiger partial charge in [0.05, 0.1) is 6.04 Å². The van der Waals surface area contributed by atoms with E-state index in [-0.39, 0.29) is 11.9 Å². The fourth-order valence-corrected chi connectivity index (χ4v) is 3.69. The third-order valence-electron chi connectivity index (χ3n) is 4.14. The van der Waals surface area contributed by atoms with E-state index in [0.29, 0.717) is 31.3 Å². The van der Waals surface area contributed by atoms with Crippen LogP contribution in [0.1, 0.15) is 31.9 Å². The Morgan fingerprint density at radius 2 is 2.04 bits per heavy atom. The molecule has 0 radical (unpaired) electrons. The number of thioether (sulfide) groups is 1. The van der Waals surface area contributed by atoms with Crippen LogP contribution in [0.3, 0.4) is 0 Å². The van der Waals surface area contributed by atoms with E-state index in [1.54, 1.807) is 18.0 Å². The number of nitrogens with zero attached hydrogens (tertiary/aromatic N) is 1.